The average molecular weight is 527 g/mol. The molecule has 1 aromatic heterocycles. The summed E-state index contributed by atoms with van der Waals surface area (Å²) in [5.74, 6) is 1.60. The number of anilines is 2. The number of ether oxygens (including phenoxy) is 4. The summed E-state index contributed by atoms with van der Waals surface area (Å²) in [7, 11) is 0. The summed E-state index contributed by atoms with van der Waals surface area (Å²) in [6, 6.07) is 11.0. The minimum Gasteiger partial charge on any atom is -0.489 e. The Bertz CT molecular complexity index is 1230. The third-order valence-corrected chi connectivity index (χ3v) is 6.79. The number of aromatic nitrogens is 2. The molecule has 2 aliphatic rings. The molecule has 9 nitrogen and oxygen atoms in total. The Morgan fingerprint density at radius 1 is 1.16 bits per heavy atom. The van der Waals surface area contributed by atoms with Crippen LogP contribution in [0.4, 0.5) is 11.5 Å². The fourth-order valence-corrected chi connectivity index (χ4v) is 4.74. The third kappa shape index (κ3) is 6.23. The van der Waals surface area contributed by atoms with Crippen LogP contribution in [0.3, 0.4) is 0 Å². The van der Waals surface area contributed by atoms with E-state index in [1.54, 1.807) is 17.9 Å². The number of carbonyl (C=O) groups excluding carboxylic acids is 1. The molecule has 196 valence electrons. The Labute approximate surface area is 221 Å². The van der Waals surface area contributed by atoms with Gasteiger partial charge in [-0.15, -0.1) is 0 Å². The van der Waals surface area contributed by atoms with Crippen LogP contribution in [0.25, 0.3) is 10.9 Å². The molecule has 2 saturated heterocycles. The molecule has 37 heavy (non-hydrogen) atoms. The quantitative estimate of drug-likeness (QED) is 0.455. The van der Waals surface area contributed by atoms with Crippen LogP contribution < -0.4 is 14.8 Å². The zero-order chi connectivity index (χ0) is 25.6. The van der Waals surface area contributed by atoms with Crippen LogP contribution in [0.5, 0.6) is 11.5 Å². The Hall–Kier alpha value is -3.14. The number of benzene rings is 2. The molecule has 0 saturated carbocycles. The monoisotopic (exact) mass is 526 g/mol. The molecule has 1 N–H and O–H groups in total. The zero-order valence-corrected chi connectivity index (χ0v) is 21.6. The molecule has 0 aliphatic carbocycles. The van der Waals surface area contributed by atoms with E-state index in [2.05, 4.69) is 15.3 Å². The van der Waals surface area contributed by atoms with Gasteiger partial charge in [-0.25, -0.2) is 9.97 Å². The van der Waals surface area contributed by atoms with Crippen molar-refractivity contribution in [2.45, 2.75) is 38.4 Å². The number of hydrogen-bond acceptors (Lipinski definition) is 8. The van der Waals surface area contributed by atoms with E-state index < -0.39 is 6.10 Å². The second-order valence-corrected chi connectivity index (χ2v) is 9.55. The highest BCUT2D eigenvalue weighted by Gasteiger charge is 2.25. The highest BCUT2D eigenvalue weighted by Crippen LogP contribution is 2.34. The first kappa shape index (κ1) is 25.5. The molecule has 2 fully saturated rings. The van der Waals surface area contributed by atoms with Gasteiger partial charge in [0.15, 0.2) is 6.10 Å². The number of halogens is 1. The van der Waals surface area contributed by atoms with E-state index in [1.165, 1.54) is 6.33 Å². The molecule has 2 aromatic carbocycles. The van der Waals surface area contributed by atoms with Crippen LogP contribution in [0, 0.1) is 0 Å². The Morgan fingerprint density at radius 3 is 2.81 bits per heavy atom. The molecule has 1 unspecified atom stereocenters. The van der Waals surface area contributed by atoms with E-state index in [-0.39, 0.29) is 12.0 Å². The van der Waals surface area contributed by atoms with Crippen molar-refractivity contribution in [3.05, 3.63) is 47.7 Å². The van der Waals surface area contributed by atoms with Gasteiger partial charge in [0.25, 0.3) is 5.91 Å². The van der Waals surface area contributed by atoms with Crippen LogP contribution in [-0.4, -0.2) is 72.5 Å². The first-order valence-electron chi connectivity index (χ1n) is 12.7. The number of nitrogens with one attached hydrogen (secondary N) is 1. The van der Waals surface area contributed by atoms with Gasteiger partial charge in [0.1, 0.15) is 30.3 Å². The summed E-state index contributed by atoms with van der Waals surface area (Å²) >= 11 is 6.53. The minimum atomic E-state index is -0.671. The first-order valence-corrected chi connectivity index (χ1v) is 13.0. The summed E-state index contributed by atoms with van der Waals surface area (Å²) in [5, 5.41) is 4.48. The average Bonchev–Trinajstić information content (AvgIpc) is 2.93. The van der Waals surface area contributed by atoms with Gasteiger partial charge in [-0.2, -0.15) is 0 Å². The number of morpholine rings is 1. The van der Waals surface area contributed by atoms with Gasteiger partial charge in [-0.3, -0.25) is 4.79 Å². The molecule has 1 amide bonds. The number of amides is 1. The summed E-state index contributed by atoms with van der Waals surface area (Å²) < 4.78 is 23.1. The topological polar surface area (TPSA) is 95.0 Å². The third-order valence-electron chi connectivity index (χ3n) is 6.49. The molecular weight excluding hydrogens is 496 g/mol. The molecule has 0 bridgehead atoms. The van der Waals surface area contributed by atoms with Crippen LogP contribution in [-0.2, 0) is 14.3 Å². The van der Waals surface area contributed by atoms with Crippen molar-refractivity contribution < 1.29 is 23.7 Å². The lowest BCUT2D eigenvalue weighted by molar-refractivity contribution is -0.142. The lowest BCUT2D eigenvalue weighted by Gasteiger charge is -2.29. The second kappa shape index (κ2) is 11.9. The standard InChI is InChI=1S/C27H31ClN4O5/c1-18(27(33)32-10-13-34-14-11-32)37-24-7-4-6-22-25(24)26(30-17-29-22)31-19-8-9-23(21(28)15-19)36-16-20-5-2-3-12-35-20/h4,6-9,15,17-18,20H,2-3,5,10-14,16H2,1H3,(H,29,30,31)/t18-,20?/m1/s1. The highest BCUT2D eigenvalue weighted by atomic mass is 35.5. The summed E-state index contributed by atoms with van der Waals surface area (Å²) in [6.07, 6.45) is 4.18. The van der Waals surface area contributed by atoms with Crippen LogP contribution in [0.2, 0.25) is 5.02 Å². The number of fused-ring (bicyclic) bond motifs is 1. The van der Waals surface area contributed by atoms with Crippen LogP contribution >= 0.6 is 11.6 Å². The molecule has 2 atom stereocenters. The summed E-state index contributed by atoms with van der Waals surface area (Å²) in [6.45, 7) is 5.21. The highest BCUT2D eigenvalue weighted by molar-refractivity contribution is 6.32. The van der Waals surface area contributed by atoms with E-state index in [1.807, 2.05) is 30.3 Å². The number of carbonyl (C=O) groups is 1. The van der Waals surface area contributed by atoms with Crippen molar-refractivity contribution in [2.24, 2.45) is 0 Å². The SMILES string of the molecule is C[C@@H](Oc1cccc2ncnc(Nc3ccc(OCC4CCCCO4)c(Cl)c3)c12)C(=O)N1CCOCC1. The normalized spacial score (nSPS) is 18.9. The number of hydrogen-bond donors (Lipinski definition) is 1. The van der Waals surface area contributed by atoms with Gasteiger partial charge in [0, 0.05) is 25.4 Å². The lowest BCUT2D eigenvalue weighted by atomic mass is 10.1. The predicted molar refractivity (Wildman–Crippen MR) is 141 cm³/mol. The molecule has 10 heteroatoms. The summed E-state index contributed by atoms with van der Waals surface area (Å²) in [4.78, 5) is 23.5. The van der Waals surface area contributed by atoms with E-state index >= 15 is 0 Å². The maximum Gasteiger partial charge on any atom is 0.263 e. The molecule has 0 spiro atoms. The van der Waals surface area contributed by atoms with Crippen molar-refractivity contribution in [1.82, 2.24) is 14.9 Å². The van der Waals surface area contributed by atoms with Crippen molar-refractivity contribution in [3.8, 4) is 11.5 Å². The van der Waals surface area contributed by atoms with Crippen molar-refractivity contribution in [3.63, 3.8) is 0 Å². The smallest absolute Gasteiger partial charge is 0.263 e. The van der Waals surface area contributed by atoms with Crippen LogP contribution in [0.1, 0.15) is 26.2 Å². The molecular formula is C27H31ClN4O5. The molecule has 2 aliphatic heterocycles. The fourth-order valence-electron chi connectivity index (χ4n) is 4.51. The maximum atomic E-state index is 12.9. The fraction of sp³-hybridized carbons (Fsp3) is 0.444. The molecule has 3 heterocycles. The lowest BCUT2D eigenvalue weighted by Crippen LogP contribution is -2.46. The second-order valence-electron chi connectivity index (χ2n) is 9.14. The van der Waals surface area contributed by atoms with E-state index in [4.69, 9.17) is 30.5 Å². The van der Waals surface area contributed by atoms with Gasteiger partial charge in [-0.1, -0.05) is 17.7 Å². The molecule has 5 rings (SSSR count). The van der Waals surface area contributed by atoms with Crippen molar-refractivity contribution in [2.75, 3.05) is 44.8 Å². The number of nitrogens with zero attached hydrogens (tertiary/aromatic N) is 3. The van der Waals surface area contributed by atoms with Gasteiger partial charge >= 0.3 is 0 Å². The van der Waals surface area contributed by atoms with Gasteiger partial charge in [-0.05, 0) is 56.5 Å². The Morgan fingerprint density at radius 2 is 2.03 bits per heavy atom. The van der Waals surface area contributed by atoms with Gasteiger partial charge in [0.05, 0.1) is 35.2 Å². The minimum absolute atomic E-state index is 0.0762. The van der Waals surface area contributed by atoms with E-state index in [0.29, 0.717) is 66.2 Å². The molecule has 0 radical (unpaired) electrons. The maximum absolute atomic E-state index is 12.9. The Balaban J connectivity index is 1.32. The molecule has 3 aromatic rings. The largest absolute Gasteiger partial charge is 0.489 e. The van der Waals surface area contributed by atoms with Gasteiger partial charge < -0.3 is 29.2 Å². The predicted octanol–water partition coefficient (Wildman–Crippen LogP) is 4.60. The van der Waals surface area contributed by atoms with E-state index in [0.717, 1.165) is 31.6 Å². The van der Waals surface area contributed by atoms with E-state index in [9.17, 15) is 4.79 Å². The van der Waals surface area contributed by atoms with Crippen LogP contribution in [0.15, 0.2) is 42.7 Å². The number of rotatable bonds is 8. The van der Waals surface area contributed by atoms with Gasteiger partial charge in [0.2, 0.25) is 0 Å². The first-order chi connectivity index (χ1) is 18.1. The van der Waals surface area contributed by atoms with Crippen molar-refractivity contribution >= 4 is 39.9 Å². The summed E-state index contributed by atoms with van der Waals surface area (Å²) in [5.41, 5.74) is 1.43. The zero-order valence-electron chi connectivity index (χ0n) is 20.8. The van der Waals surface area contributed by atoms with Crippen molar-refractivity contribution in [1.29, 1.82) is 0 Å². The Kier molecular flexibility index (Phi) is 8.23.